The maximum absolute atomic E-state index is 6.35. The van der Waals surface area contributed by atoms with Crippen LogP contribution in [0.25, 0.3) is 33.3 Å². The van der Waals surface area contributed by atoms with Crippen LogP contribution < -0.4 is 9.64 Å². The molecule has 0 aliphatic carbocycles. The molecule has 0 radical (unpaired) electrons. The molecule has 0 saturated carbocycles. The van der Waals surface area contributed by atoms with E-state index in [4.69, 9.17) is 9.72 Å². The summed E-state index contributed by atoms with van der Waals surface area (Å²) >= 11 is 0. The molecule has 4 nitrogen and oxygen atoms in total. The first-order valence-electron chi connectivity index (χ1n) is 12.4. The highest BCUT2D eigenvalue weighted by molar-refractivity contribution is 5.96. The zero-order valence-electron chi connectivity index (χ0n) is 20.1. The van der Waals surface area contributed by atoms with E-state index in [2.05, 4.69) is 107 Å². The van der Waals surface area contributed by atoms with Crippen LogP contribution in [0.5, 0.6) is 5.75 Å². The smallest absolute Gasteiger partial charge is 0.143 e. The number of aromatic nitrogens is 2. The molecule has 0 atom stereocenters. The Balaban J connectivity index is 1.44. The number of hydrogen-bond acceptors (Lipinski definition) is 4. The van der Waals surface area contributed by atoms with Gasteiger partial charge in [-0.1, -0.05) is 60.7 Å². The lowest BCUT2D eigenvalue weighted by Crippen LogP contribution is -2.11. The molecule has 2 aromatic heterocycles. The summed E-state index contributed by atoms with van der Waals surface area (Å²) in [6.07, 6.45) is 3.71. The molecular formula is C33H23N3O. The fourth-order valence-electron chi connectivity index (χ4n) is 5.06. The van der Waals surface area contributed by atoms with Gasteiger partial charge in [0.05, 0.1) is 22.8 Å². The zero-order valence-corrected chi connectivity index (χ0v) is 20.1. The third kappa shape index (κ3) is 3.80. The summed E-state index contributed by atoms with van der Waals surface area (Å²) in [5, 5.41) is 2.30. The summed E-state index contributed by atoms with van der Waals surface area (Å²) in [6, 6.07) is 39.7. The van der Waals surface area contributed by atoms with Gasteiger partial charge in [-0.3, -0.25) is 9.97 Å². The molecule has 37 heavy (non-hydrogen) atoms. The number of anilines is 3. The highest BCUT2D eigenvalue weighted by atomic mass is 16.5. The molecule has 4 aromatic carbocycles. The summed E-state index contributed by atoms with van der Waals surface area (Å²) in [5.41, 5.74) is 8.27. The lowest BCUT2D eigenvalue weighted by Gasteiger charge is -2.27. The number of fused-ring (bicyclic) bond motifs is 3. The van der Waals surface area contributed by atoms with Crippen LogP contribution in [-0.2, 0) is 6.61 Å². The van der Waals surface area contributed by atoms with Crippen LogP contribution in [0.4, 0.5) is 17.1 Å². The van der Waals surface area contributed by atoms with Gasteiger partial charge in [0.25, 0.3) is 0 Å². The van der Waals surface area contributed by atoms with Crippen molar-refractivity contribution in [1.29, 1.82) is 0 Å². The summed E-state index contributed by atoms with van der Waals surface area (Å²) in [7, 11) is 0. The average Bonchev–Trinajstić information content (AvgIpc) is 3.14. The molecule has 0 amide bonds. The lowest BCUT2D eigenvalue weighted by atomic mass is 10.0. The fourth-order valence-corrected chi connectivity index (χ4v) is 5.06. The molecule has 0 N–H and O–H groups in total. The van der Waals surface area contributed by atoms with E-state index in [0.717, 1.165) is 56.3 Å². The second-order valence-corrected chi connectivity index (χ2v) is 9.08. The minimum atomic E-state index is 0.505. The quantitative estimate of drug-likeness (QED) is 0.257. The lowest BCUT2D eigenvalue weighted by molar-refractivity contribution is 0.310. The van der Waals surface area contributed by atoms with Crippen molar-refractivity contribution >= 4 is 27.8 Å². The Morgan fingerprint density at radius 1 is 0.622 bits per heavy atom. The molecular weight excluding hydrogens is 454 g/mol. The van der Waals surface area contributed by atoms with Crippen molar-refractivity contribution in [3.8, 4) is 28.3 Å². The normalized spacial score (nSPS) is 12.4. The Morgan fingerprint density at radius 3 is 2.46 bits per heavy atom. The minimum absolute atomic E-state index is 0.505. The van der Waals surface area contributed by atoms with Gasteiger partial charge >= 0.3 is 0 Å². The van der Waals surface area contributed by atoms with Crippen LogP contribution in [0.3, 0.4) is 0 Å². The Hall–Kier alpha value is -4.96. The number of pyridine rings is 2. The minimum Gasteiger partial charge on any atom is -0.487 e. The van der Waals surface area contributed by atoms with E-state index in [1.807, 2.05) is 30.6 Å². The Kier molecular flexibility index (Phi) is 5.14. The largest absolute Gasteiger partial charge is 0.487 e. The van der Waals surface area contributed by atoms with Crippen molar-refractivity contribution < 1.29 is 4.74 Å². The van der Waals surface area contributed by atoms with Crippen LogP contribution in [-0.4, -0.2) is 9.97 Å². The first-order chi connectivity index (χ1) is 18.3. The van der Waals surface area contributed by atoms with E-state index >= 15 is 0 Å². The number of ether oxygens (including phenoxy) is 1. The molecule has 0 bridgehead atoms. The molecule has 6 aromatic rings. The molecule has 7 rings (SSSR count). The van der Waals surface area contributed by atoms with E-state index in [1.165, 1.54) is 5.39 Å². The second kappa shape index (κ2) is 8.92. The van der Waals surface area contributed by atoms with E-state index in [9.17, 15) is 0 Å². The van der Waals surface area contributed by atoms with Crippen molar-refractivity contribution in [2.45, 2.75) is 6.61 Å². The summed E-state index contributed by atoms with van der Waals surface area (Å²) in [6.45, 7) is 0.505. The zero-order chi connectivity index (χ0) is 24.6. The van der Waals surface area contributed by atoms with Crippen LogP contribution in [0.2, 0.25) is 0 Å². The van der Waals surface area contributed by atoms with Gasteiger partial charge in [-0.15, -0.1) is 0 Å². The Bertz CT molecular complexity index is 1740. The van der Waals surface area contributed by atoms with E-state index in [1.54, 1.807) is 0 Å². The molecule has 0 unspecified atom stereocenters. The molecule has 0 spiro atoms. The van der Waals surface area contributed by atoms with Gasteiger partial charge in [0.2, 0.25) is 0 Å². The standard InChI is InChI=1S/C33H23N3O/c1-3-12-28-23(8-1)17-19-35-33(28)25-15-16-32-31(21-25)36(30-14-4-2-9-26(30)22-37-32)27-11-7-10-24(20-27)29-13-5-6-18-34-29/h1-21H,22H2. The predicted molar refractivity (Wildman–Crippen MR) is 149 cm³/mol. The monoisotopic (exact) mass is 477 g/mol. The first kappa shape index (κ1) is 21.3. The maximum Gasteiger partial charge on any atom is 0.143 e. The molecule has 1 aliphatic rings. The Labute approximate surface area is 215 Å². The van der Waals surface area contributed by atoms with Gasteiger partial charge < -0.3 is 9.64 Å². The highest BCUT2D eigenvalue weighted by Crippen LogP contribution is 2.46. The van der Waals surface area contributed by atoms with Crippen LogP contribution in [0, 0.1) is 0 Å². The molecule has 0 saturated heterocycles. The van der Waals surface area contributed by atoms with Crippen LogP contribution >= 0.6 is 0 Å². The van der Waals surface area contributed by atoms with E-state index in [0.29, 0.717) is 6.61 Å². The van der Waals surface area contributed by atoms with Crippen molar-refractivity contribution in [3.05, 3.63) is 133 Å². The topological polar surface area (TPSA) is 38.2 Å². The van der Waals surface area contributed by atoms with E-state index < -0.39 is 0 Å². The number of para-hydroxylation sites is 1. The van der Waals surface area contributed by atoms with Gasteiger partial charge in [-0.25, -0.2) is 0 Å². The number of benzene rings is 4. The van der Waals surface area contributed by atoms with Gasteiger partial charge in [0, 0.05) is 40.2 Å². The highest BCUT2D eigenvalue weighted by Gasteiger charge is 2.24. The second-order valence-electron chi connectivity index (χ2n) is 9.08. The van der Waals surface area contributed by atoms with Crippen molar-refractivity contribution in [2.24, 2.45) is 0 Å². The Morgan fingerprint density at radius 2 is 1.51 bits per heavy atom. The molecule has 1 aliphatic heterocycles. The van der Waals surface area contributed by atoms with Crippen molar-refractivity contribution in [1.82, 2.24) is 9.97 Å². The van der Waals surface area contributed by atoms with E-state index in [-0.39, 0.29) is 0 Å². The van der Waals surface area contributed by atoms with Gasteiger partial charge in [-0.2, -0.15) is 0 Å². The maximum atomic E-state index is 6.35. The third-order valence-electron chi connectivity index (χ3n) is 6.83. The number of rotatable bonds is 3. The molecule has 4 heteroatoms. The van der Waals surface area contributed by atoms with Crippen molar-refractivity contribution in [2.75, 3.05) is 4.90 Å². The predicted octanol–water partition coefficient (Wildman–Crippen LogP) is 8.33. The summed E-state index contributed by atoms with van der Waals surface area (Å²) < 4.78 is 6.35. The molecule has 3 heterocycles. The number of hydrogen-bond donors (Lipinski definition) is 0. The van der Waals surface area contributed by atoms with Crippen LogP contribution in [0.15, 0.2) is 128 Å². The molecule has 176 valence electrons. The van der Waals surface area contributed by atoms with Gasteiger partial charge in [0.1, 0.15) is 12.4 Å². The first-order valence-corrected chi connectivity index (χ1v) is 12.4. The SMILES string of the molecule is c1ccc(-c2cccc(N3c4ccccc4COc4ccc(-c5nccc6ccccc56)cc43)c2)nc1. The third-order valence-corrected chi connectivity index (χ3v) is 6.83. The van der Waals surface area contributed by atoms with Crippen LogP contribution in [0.1, 0.15) is 5.56 Å². The summed E-state index contributed by atoms with van der Waals surface area (Å²) in [4.78, 5) is 11.6. The van der Waals surface area contributed by atoms with Gasteiger partial charge in [0.15, 0.2) is 0 Å². The van der Waals surface area contributed by atoms with Crippen molar-refractivity contribution in [3.63, 3.8) is 0 Å². The average molecular weight is 478 g/mol. The fraction of sp³-hybridized carbons (Fsp3) is 0.0303. The number of nitrogens with zero attached hydrogens (tertiary/aromatic N) is 3. The molecule has 0 fully saturated rings. The van der Waals surface area contributed by atoms with Gasteiger partial charge in [-0.05, 0) is 60.0 Å². The summed E-state index contributed by atoms with van der Waals surface area (Å²) in [5.74, 6) is 0.837.